The van der Waals surface area contributed by atoms with Crippen LogP contribution in [-0.2, 0) is 0 Å². The van der Waals surface area contributed by atoms with Crippen LogP contribution in [0, 0.1) is 11.8 Å². The highest BCUT2D eigenvalue weighted by molar-refractivity contribution is 4.88. The van der Waals surface area contributed by atoms with Crippen LogP contribution in [0.5, 0.6) is 0 Å². The van der Waals surface area contributed by atoms with E-state index in [4.69, 9.17) is 5.73 Å². The molecule has 1 heterocycles. The molecule has 20 heavy (non-hydrogen) atoms. The summed E-state index contributed by atoms with van der Waals surface area (Å²) in [5, 5.41) is 0. The van der Waals surface area contributed by atoms with Gasteiger partial charge in [0.05, 0.1) is 6.54 Å². The molecule has 1 aliphatic carbocycles. The lowest BCUT2D eigenvalue weighted by molar-refractivity contribution is -0.150. The zero-order chi connectivity index (χ0) is 14.8. The number of piperazine rings is 1. The SMILES string of the molecule is CC1CCC(CN)C(N2CCN(CC(F)(F)F)CC2)C1. The molecule has 2 rings (SSSR count). The molecule has 0 aromatic heterocycles. The average molecular weight is 293 g/mol. The Hall–Kier alpha value is -0.330. The maximum atomic E-state index is 12.4. The van der Waals surface area contributed by atoms with Gasteiger partial charge in [-0.05, 0) is 31.2 Å². The fraction of sp³-hybridized carbons (Fsp3) is 1.00. The summed E-state index contributed by atoms with van der Waals surface area (Å²) < 4.78 is 37.2. The molecule has 0 bridgehead atoms. The minimum atomic E-state index is -4.08. The van der Waals surface area contributed by atoms with E-state index in [2.05, 4.69) is 11.8 Å². The second-order valence-electron chi connectivity index (χ2n) is 6.41. The van der Waals surface area contributed by atoms with Gasteiger partial charge in [0.1, 0.15) is 0 Å². The van der Waals surface area contributed by atoms with E-state index in [1.54, 1.807) is 0 Å². The maximum Gasteiger partial charge on any atom is 0.401 e. The van der Waals surface area contributed by atoms with Crippen molar-refractivity contribution in [2.75, 3.05) is 39.3 Å². The van der Waals surface area contributed by atoms with Crippen molar-refractivity contribution in [2.45, 2.75) is 38.4 Å². The minimum Gasteiger partial charge on any atom is -0.330 e. The number of rotatable bonds is 3. The molecule has 0 spiro atoms. The lowest BCUT2D eigenvalue weighted by atomic mass is 9.78. The Balaban J connectivity index is 1.85. The van der Waals surface area contributed by atoms with E-state index in [1.165, 1.54) is 11.3 Å². The van der Waals surface area contributed by atoms with Crippen LogP contribution in [0.25, 0.3) is 0 Å². The molecule has 6 heteroatoms. The predicted molar refractivity (Wildman–Crippen MR) is 73.4 cm³/mol. The fourth-order valence-electron chi connectivity index (χ4n) is 3.64. The van der Waals surface area contributed by atoms with E-state index < -0.39 is 12.7 Å². The Bertz CT molecular complexity index is 301. The molecule has 2 aliphatic rings. The third-order valence-corrected chi connectivity index (χ3v) is 4.80. The molecular formula is C14H26F3N3. The predicted octanol–water partition coefficient (Wildman–Crippen LogP) is 1.93. The Morgan fingerprint density at radius 1 is 1.10 bits per heavy atom. The van der Waals surface area contributed by atoms with Crippen LogP contribution in [0.2, 0.25) is 0 Å². The van der Waals surface area contributed by atoms with Crippen molar-refractivity contribution in [3.05, 3.63) is 0 Å². The van der Waals surface area contributed by atoms with Crippen LogP contribution in [0.3, 0.4) is 0 Å². The smallest absolute Gasteiger partial charge is 0.330 e. The lowest BCUT2D eigenvalue weighted by Crippen LogP contribution is -2.55. The summed E-state index contributed by atoms with van der Waals surface area (Å²) in [5.74, 6) is 1.22. The number of alkyl halides is 3. The number of hydrogen-bond acceptors (Lipinski definition) is 3. The molecule has 0 amide bonds. The largest absolute Gasteiger partial charge is 0.401 e. The number of hydrogen-bond donors (Lipinski definition) is 1. The second-order valence-corrected chi connectivity index (χ2v) is 6.41. The van der Waals surface area contributed by atoms with E-state index in [-0.39, 0.29) is 0 Å². The molecule has 1 saturated carbocycles. The molecule has 1 aliphatic heterocycles. The summed E-state index contributed by atoms with van der Waals surface area (Å²) in [6.07, 6.45) is -0.556. The Labute approximate surface area is 119 Å². The molecule has 0 radical (unpaired) electrons. The summed E-state index contributed by atoms with van der Waals surface area (Å²) in [4.78, 5) is 3.89. The first-order chi connectivity index (χ1) is 9.39. The molecule has 3 atom stereocenters. The normalized spacial score (nSPS) is 34.4. The van der Waals surface area contributed by atoms with Gasteiger partial charge < -0.3 is 5.73 Å². The van der Waals surface area contributed by atoms with Crippen LogP contribution in [0.4, 0.5) is 13.2 Å². The quantitative estimate of drug-likeness (QED) is 0.863. The average Bonchev–Trinajstić information content (AvgIpc) is 2.38. The maximum absolute atomic E-state index is 12.4. The van der Waals surface area contributed by atoms with Gasteiger partial charge in [-0.2, -0.15) is 13.2 Å². The summed E-state index contributed by atoms with van der Waals surface area (Å²) in [6, 6.07) is 0.469. The van der Waals surface area contributed by atoms with E-state index in [0.29, 0.717) is 37.5 Å². The number of nitrogens with zero attached hydrogens (tertiary/aromatic N) is 2. The van der Waals surface area contributed by atoms with Gasteiger partial charge in [-0.1, -0.05) is 13.3 Å². The lowest BCUT2D eigenvalue weighted by Gasteiger charge is -2.45. The summed E-state index contributed by atoms with van der Waals surface area (Å²) in [7, 11) is 0. The molecule has 3 unspecified atom stereocenters. The van der Waals surface area contributed by atoms with Crippen LogP contribution in [-0.4, -0.2) is 61.3 Å². The topological polar surface area (TPSA) is 32.5 Å². The zero-order valence-corrected chi connectivity index (χ0v) is 12.2. The zero-order valence-electron chi connectivity index (χ0n) is 12.2. The number of halogens is 3. The first kappa shape index (κ1) is 16.0. The van der Waals surface area contributed by atoms with Crippen molar-refractivity contribution in [2.24, 2.45) is 17.6 Å². The van der Waals surface area contributed by atoms with Gasteiger partial charge in [0.25, 0.3) is 0 Å². The third kappa shape index (κ3) is 4.33. The first-order valence-corrected chi connectivity index (χ1v) is 7.62. The van der Waals surface area contributed by atoms with E-state index in [0.717, 1.165) is 25.9 Å². The molecule has 1 saturated heterocycles. The summed E-state index contributed by atoms with van der Waals surface area (Å²) in [5.41, 5.74) is 5.87. The monoisotopic (exact) mass is 293 g/mol. The summed E-state index contributed by atoms with van der Waals surface area (Å²) in [6.45, 7) is 4.69. The Morgan fingerprint density at radius 3 is 2.30 bits per heavy atom. The molecule has 2 fully saturated rings. The van der Waals surface area contributed by atoms with Crippen LogP contribution < -0.4 is 5.73 Å². The van der Waals surface area contributed by atoms with Crippen molar-refractivity contribution in [3.63, 3.8) is 0 Å². The van der Waals surface area contributed by atoms with Crippen LogP contribution >= 0.6 is 0 Å². The molecular weight excluding hydrogens is 267 g/mol. The minimum absolute atomic E-state index is 0.469. The molecule has 2 N–H and O–H groups in total. The highest BCUT2D eigenvalue weighted by Gasteiger charge is 2.36. The van der Waals surface area contributed by atoms with Gasteiger partial charge in [0.15, 0.2) is 0 Å². The molecule has 0 aromatic rings. The van der Waals surface area contributed by atoms with Crippen molar-refractivity contribution in [1.29, 1.82) is 0 Å². The molecule has 0 aromatic carbocycles. The van der Waals surface area contributed by atoms with E-state index in [1.807, 2.05) is 0 Å². The highest BCUT2D eigenvalue weighted by atomic mass is 19.4. The van der Waals surface area contributed by atoms with Gasteiger partial charge in [-0.15, -0.1) is 0 Å². The number of nitrogens with two attached hydrogens (primary N) is 1. The van der Waals surface area contributed by atoms with Crippen molar-refractivity contribution >= 4 is 0 Å². The highest BCUT2D eigenvalue weighted by Crippen LogP contribution is 2.32. The first-order valence-electron chi connectivity index (χ1n) is 7.62. The van der Waals surface area contributed by atoms with E-state index >= 15 is 0 Å². The Kier molecular flexibility index (Phi) is 5.31. The van der Waals surface area contributed by atoms with Crippen molar-refractivity contribution in [1.82, 2.24) is 9.80 Å². The van der Waals surface area contributed by atoms with Gasteiger partial charge in [-0.3, -0.25) is 9.80 Å². The van der Waals surface area contributed by atoms with Gasteiger partial charge in [0.2, 0.25) is 0 Å². The third-order valence-electron chi connectivity index (χ3n) is 4.80. The molecule has 3 nitrogen and oxygen atoms in total. The van der Waals surface area contributed by atoms with E-state index in [9.17, 15) is 13.2 Å². The summed E-state index contributed by atoms with van der Waals surface area (Å²) >= 11 is 0. The standard InChI is InChI=1S/C14H26F3N3/c1-11-2-3-12(9-18)13(8-11)20-6-4-19(5-7-20)10-14(15,16)17/h11-13H,2-10,18H2,1H3. The van der Waals surface area contributed by atoms with Gasteiger partial charge in [0, 0.05) is 32.2 Å². The Morgan fingerprint density at radius 2 is 1.75 bits per heavy atom. The van der Waals surface area contributed by atoms with Gasteiger partial charge in [-0.25, -0.2) is 0 Å². The van der Waals surface area contributed by atoms with Crippen molar-refractivity contribution in [3.8, 4) is 0 Å². The van der Waals surface area contributed by atoms with Crippen LogP contribution in [0.15, 0.2) is 0 Å². The van der Waals surface area contributed by atoms with Gasteiger partial charge >= 0.3 is 6.18 Å². The second kappa shape index (κ2) is 6.62. The fourth-order valence-corrected chi connectivity index (χ4v) is 3.64. The van der Waals surface area contributed by atoms with Crippen molar-refractivity contribution < 1.29 is 13.2 Å². The molecule has 118 valence electrons. The van der Waals surface area contributed by atoms with Crippen LogP contribution in [0.1, 0.15) is 26.2 Å².